The Bertz CT molecular complexity index is 310. The zero-order valence-electron chi connectivity index (χ0n) is 13.6. The molecule has 0 aromatic carbocycles. The van der Waals surface area contributed by atoms with Crippen molar-refractivity contribution >= 4 is 6.03 Å². The summed E-state index contributed by atoms with van der Waals surface area (Å²) in [4.78, 5) is 11.9. The van der Waals surface area contributed by atoms with Crippen molar-refractivity contribution in [2.45, 2.75) is 59.8 Å². The lowest BCUT2D eigenvalue weighted by Crippen LogP contribution is -2.47. The molecule has 1 aliphatic carbocycles. The fraction of sp³-hybridized carbons (Fsp3) is 0.938. The van der Waals surface area contributed by atoms with Crippen LogP contribution < -0.4 is 10.6 Å². The zero-order chi connectivity index (χ0) is 15.2. The van der Waals surface area contributed by atoms with E-state index in [9.17, 15) is 4.79 Å². The topological polar surface area (TPSA) is 61.4 Å². The molecule has 0 spiro atoms. The molecule has 1 fully saturated rings. The molecule has 2 amide bonds. The number of hydrogen-bond donors (Lipinski definition) is 3. The van der Waals surface area contributed by atoms with Crippen molar-refractivity contribution in [2.24, 2.45) is 16.7 Å². The summed E-state index contributed by atoms with van der Waals surface area (Å²) in [7, 11) is 0. The number of aliphatic hydroxyl groups excluding tert-OH is 1. The normalized spacial score (nSPS) is 17.7. The van der Waals surface area contributed by atoms with Crippen LogP contribution in [0, 0.1) is 16.7 Å². The van der Waals surface area contributed by atoms with Gasteiger partial charge in [0.05, 0.1) is 0 Å². The molecule has 0 aromatic rings. The maximum atomic E-state index is 11.9. The van der Waals surface area contributed by atoms with Gasteiger partial charge in [-0.3, -0.25) is 0 Å². The second-order valence-electron chi connectivity index (χ2n) is 7.63. The molecule has 4 heteroatoms. The number of carbonyl (C=O) groups excluding carboxylic acids is 1. The van der Waals surface area contributed by atoms with Crippen LogP contribution in [0.4, 0.5) is 4.79 Å². The van der Waals surface area contributed by atoms with Crippen LogP contribution in [0.3, 0.4) is 0 Å². The summed E-state index contributed by atoms with van der Waals surface area (Å²) in [5.74, 6) is 0.684. The van der Waals surface area contributed by atoms with Gasteiger partial charge in [0.2, 0.25) is 0 Å². The van der Waals surface area contributed by atoms with Crippen LogP contribution in [0.2, 0.25) is 0 Å². The molecule has 0 aromatic heterocycles. The predicted octanol–water partition coefficient (Wildman–Crippen LogP) is 2.91. The Morgan fingerprint density at radius 2 is 1.95 bits per heavy atom. The highest BCUT2D eigenvalue weighted by molar-refractivity contribution is 5.73. The highest BCUT2D eigenvalue weighted by Crippen LogP contribution is 2.45. The van der Waals surface area contributed by atoms with E-state index >= 15 is 0 Å². The Hall–Kier alpha value is -0.770. The molecule has 0 saturated heterocycles. The van der Waals surface area contributed by atoms with E-state index in [4.69, 9.17) is 5.11 Å². The second-order valence-corrected chi connectivity index (χ2v) is 7.63. The van der Waals surface area contributed by atoms with Gasteiger partial charge in [0.15, 0.2) is 0 Å². The molecule has 0 atom stereocenters. The Labute approximate surface area is 123 Å². The monoisotopic (exact) mass is 284 g/mol. The van der Waals surface area contributed by atoms with Gasteiger partial charge >= 0.3 is 6.03 Å². The quantitative estimate of drug-likeness (QED) is 0.642. The molecule has 1 rings (SSSR count). The van der Waals surface area contributed by atoms with E-state index < -0.39 is 0 Å². The largest absolute Gasteiger partial charge is 0.396 e. The van der Waals surface area contributed by atoms with E-state index in [0.717, 1.165) is 6.54 Å². The van der Waals surface area contributed by atoms with Crippen LogP contribution in [0.5, 0.6) is 0 Å². The van der Waals surface area contributed by atoms with Crippen molar-refractivity contribution in [3.8, 4) is 0 Å². The third-order valence-corrected chi connectivity index (χ3v) is 4.40. The number of nitrogens with one attached hydrogen (secondary N) is 2. The number of hydrogen-bond acceptors (Lipinski definition) is 2. The summed E-state index contributed by atoms with van der Waals surface area (Å²) in [6.07, 6.45) is 5.66. The lowest BCUT2D eigenvalue weighted by Gasteiger charge is -2.43. The number of carbonyl (C=O) groups is 1. The Morgan fingerprint density at radius 3 is 2.40 bits per heavy atom. The highest BCUT2D eigenvalue weighted by atomic mass is 16.3. The summed E-state index contributed by atoms with van der Waals surface area (Å²) < 4.78 is 0. The van der Waals surface area contributed by atoms with Crippen LogP contribution in [-0.2, 0) is 0 Å². The van der Waals surface area contributed by atoms with Gasteiger partial charge in [-0.25, -0.2) is 4.79 Å². The molecule has 0 heterocycles. The molecule has 20 heavy (non-hydrogen) atoms. The van der Waals surface area contributed by atoms with E-state index in [0.29, 0.717) is 24.3 Å². The van der Waals surface area contributed by atoms with Gasteiger partial charge in [0.1, 0.15) is 0 Å². The molecule has 4 nitrogen and oxygen atoms in total. The Morgan fingerprint density at radius 1 is 1.30 bits per heavy atom. The minimum Gasteiger partial charge on any atom is -0.396 e. The lowest BCUT2D eigenvalue weighted by molar-refractivity contribution is 0.100. The van der Waals surface area contributed by atoms with Gasteiger partial charge in [-0.05, 0) is 42.4 Å². The average Bonchev–Trinajstić information content (AvgIpc) is 2.29. The summed E-state index contributed by atoms with van der Waals surface area (Å²) >= 11 is 0. The smallest absolute Gasteiger partial charge is 0.314 e. The molecule has 0 bridgehead atoms. The molecular weight excluding hydrogens is 252 g/mol. The van der Waals surface area contributed by atoms with E-state index in [1.54, 1.807) is 0 Å². The van der Waals surface area contributed by atoms with Gasteiger partial charge in [0, 0.05) is 19.7 Å². The van der Waals surface area contributed by atoms with Crippen LogP contribution in [0.1, 0.15) is 59.8 Å². The molecule has 0 unspecified atom stereocenters. The first kappa shape index (κ1) is 17.3. The van der Waals surface area contributed by atoms with Gasteiger partial charge in [0.25, 0.3) is 0 Å². The fourth-order valence-corrected chi connectivity index (χ4v) is 3.04. The van der Waals surface area contributed by atoms with E-state index in [1.807, 2.05) is 0 Å². The maximum Gasteiger partial charge on any atom is 0.314 e. The van der Waals surface area contributed by atoms with E-state index in [2.05, 4.69) is 38.3 Å². The third kappa shape index (κ3) is 5.70. The molecule has 0 radical (unpaired) electrons. The fourth-order valence-electron chi connectivity index (χ4n) is 3.04. The summed E-state index contributed by atoms with van der Waals surface area (Å²) in [5.41, 5.74) is 0.282. The minimum absolute atomic E-state index is 0.0574. The number of amides is 2. The van der Waals surface area contributed by atoms with Crippen molar-refractivity contribution in [2.75, 3.05) is 19.7 Å². The van der Waals surface area contributed by atoms with Crippen LogP contribution in [-0.4, -0.2) is 30.8 Å². The Kier molecular flexibility index (Phi) is 6.31. The van der Waals surface area contributed by atoms with Crippen molar-refractivity contribution in [1.29, 1.82) is 0 Å². The molecule has 3 N–H and O–H groups in total. The van der Waals surface area contributed by atoms with Crippen LogP contribution >= 0.6 is 0 Å². The van der Waals surface area contributed by atoms with Gasteiger partial charge < -0.3 is 15.7 Å². The van der Waals surface area contributed by atoms with E-state index in [1.165, 1.54) is 25.7 Å². The number of urea groups is 1. The predicted molar refractivity (Wildman–Crippen MR) is 82.6 cm³/mol. The first-order chi connectivity index (χ1) is 9.29. The summed E-state index contributed by atoms with van der Waals surface area (Å²) in [5, 5.41) is 14.9. The van der Waals surface area contributed by atoms with Gasteiger partial charge in [-0.15, -0.1) is 0 Å². The lowest BCUT2D eigenvalue weighted by atomic mass is 9.64. The molecule has 0 aliphatic heterocycles. The van der Waals surface area contributed by atoms with E-state index in [-0.39, 0.29) is 18.1 Å². The summed E-state index contributed by atoms with van der Waals surface area (Å²) in [6.45, 7) is 10.1. The standard InChI is InChI=1S/C16H32N2O2/c1-13(2)10-16(6-5-7-16)12-18-14(20)17-11-15(3,4)8-9-19/h13,19H,5-12H2,1-4H3,(H2,17,18,20). The maximum absolute atomic E-state index is 11.9. The average molecular weight is 284 g/mol. The molecule has 1 saturated carbocycles. The number of rotatable bonds is 8. The second kappa shape index (κ2) is 7.30. The van der Waals surface area contributed by atoms with Crippen LogP contribution in [0.15, 0.2) is 0 Å². The first-order valence-corrected chi connectivity index (χ1v) is 7.91. The zero-order valence-corrected chi connectivity index (χ0v) is 13.6. The van der Waals surface area contributed by atoms with Gasteiger partial charge in [-0.1, -0.05) is 34.1 Å². The number of aliphatic hydroxyl groups is 1. The molecule has 1 aliphatic rings. The SMILES string of the molecule is CC(C)CC1(CNC(=O)NCC(C)(C)CCO)CCC1. The van der Waals surface area contributed by atoms with Gasteiger partial charge in [-0.2, -0.15) is 0 Å². The highest BCUT2D eigenvalue weighted by Gasteiger charge is 2.37. The third-order valence-electron chi connectivity index (χ3n) is 4.40. The molecule has 118 valence electrons. The minimum atomic E-state index is -0.0777. The van der Waals surface area contributed by atoms with Crippen molar-refractivity contribution < 1.29 is 9.90 Å². The van der Waals surface area contributed by atoms with Crippen molar-refractivity contribution in [1.82, 2.24) is 10.6 Å². The van der Waals surface area contributed by atoms with Crippen LogP contribution in [0.25, 0.3) is 0 Å². The van der Waals surface area contributed by atoms with Crippen molar-refractivity contribution in [3.05, 3.63) is 0 Å². The first-order valence-electron chi connectivity index (χ1n) is 7.91. The van der Waals surface area contributed by atoms with Crippen molar-refractivity contribution in [3.63, 3.8) is 0 Å². The Balaban J connectivity index is 2.29. The molecular formula is C16H32N2O2. The summed E-state index contributed by atoms with van der Waals surface area (Å²) in [6, 6.07) is -0.0777.